The van der Waals surface area contributed by atoms with Crippen LogP contribution < -0.4 is 5.32 Å². The van der Waals surface area contributed by atoms with Crippen molar-refractivity contribution in [1.29, 1.82) is 0 Å². The first-order valence-electron chi connectivity index (χ1n) is 10.3. The quantitative estimate of drug-likeness (QED) is 0.241. The van der Waals surface area contributed by atoms with E-state index in [9.17, 15) is 24.8 Å². The Hall–Kier alpha value is -3.16. The number of allylic oxidation sites excluding steroid dienone is 3. The summed E-state index contributed by atoms with van der Waals surface area (Å²) in [7, 11) is 0. The van der Waals surface area contributed by atoms with Gasteiger partial charge < -0.3 is 15.3 Å². The van der Waals surface area contributed by atoms with Crippen LogP contribution in [0, 0.1) is 10.1 Å². The van der Waals surface area contributed by atoms with Crippen LogP contribution in [0.25, 0.3) is 0 Å². The van der Waals surface area contributed by atoms with E-state index in [2.05, 4.69) is 12.2 Å². The molecule has 0 saturated carbocycles. The summed E-state index contributed by atoms with van der Waals surface area (Å²) in [6.07, 6.45) is 4.72. The van der Waals surface area contributed by atoms with E-state index in [1.165, 1.54) is 17.0 Å². The Bertz CT molecular complexity index is 858. The number of nitrogens with one attached hydrogen (secondary N) is 1. The van der Waals surface area contributed by atoms with Crippen LogP contribution in [0.5, 0.6) is 0 Å². The van der Waals surface area contributed by atoms with E-state index in [-0.39, 0.29) is 11.3 Å². The van der Waals surface area contributed by atoms with Gasteiger partial charge in [0.1, 0.15) is 0 Å². The first-order chi connectivity index (χ1) is 14.4. The molecule has 0 aliphatic carbocycles. The molecular formula is C22H29N3O5. The lowest BCUT2D eigenvalue weighted by molar-refractivity contribution is -0.384. The van der Waals surface area contributed by atoms with Crippen LogP contribution in [0.2, 0.25) is 0 Å². The fourth-order valence-electron chi connectivity index (χ4n) is 3.82. The van der Waals surface area contributed by atoms with Crippen molar-refractivity contribution in [3.05, 3.63) is 62.6 Å². The van der Waals surface area contributed by atoms with Crippen molar-refractivity contribution in [3.8, 4) is 0 Å². The van der Waals surface area contributed by atoms with E-state index in [4.69, 9.17) is 0 Å². The topological polar surface area (TPSA) is 113 Å². The minimum absolute atomic E-state index is 0.0688. The number of carbonyl (C=O) groups is 2. The van der Waals surface area contributed by atoms with Gasteiger partial charge in [-0.2, -0.15) is 0 Å². The van der Waals surface area contributed by atoms with Gasteiger partial charge in [0, 0.05) is 30.1 Å². The third-order valence-electron chi connectivity index (χ3n) is 5.33. The Morgan fingerprint density at radius 3 is 2.33 bits per heavy atom. The number of hydrogen-bond acceptors (Lipinski definition) is 5. The van der Waals surface area contributed by atoms with Crippen molar-refractivity contribution in [3.63, 3.8) is 0 Å². The highest BCUT2D eigenvalue weighted by atomic mass is 16.6. The minimum atomic E-state index is -1.06. The Kier molecular flexibility index (Phi) is 8.15. The Labute approximate surface area is 176 Å². The summed E-state index contributed by atoms with van der Waals surface area (Å²) in [6.45, 7) is 6.23. The standard InChI is InChI=1S/C22H29N3O5/c1-4-7-8-9-18-20(22(27)28)19(15-10-12-16(13-11-15)25(29)30)21(17(5-2)23-18)24(6-3)14-26/h10-14,19,23H,4-9H2,1-3H3,(H,27,28). The van der Waals surface area contributed by atoms with Crippen LogP contribution >= 0.6 is 0 Å². The molecule has 0 fully saturated rings. The molecule has 1 amide bonds. The van der Waals surface area contributed by atoms with Gasteiger partial charge in [-0.1, -0.05) is 38.8 Å². The predicted octanol–water partition coefficient (Wildman–Crippen LogP) is 4.30. The second-order valence-electron chi connectivity index (χ2n) is 7.17. The number of amides is 1. The number of non-ortho nitro benzene ring substituents is 1. The average Bonchev–Trinajstić information content (AvgIpc) is 2.74. The van der Waals surface area contributed by atoms with Crippen LogP contribution in [-0.4, -0.2) is 33.9 Å². The minimum Gasteiger partial charge on any atom is -0.478 e. The molecule has 1 unspecified atom stereocenters. The van der Waals surface area contributed by atoms with E-state index in [0.29, 0.717) is 42.8 Å². The van der Waals surface area contributed by atoms with Crippen LogP contribution in [0.4, 0.5) is 5.69 Å². The van der Waals surface area contributed by atoms with Gasteiger partial charge in [0.15, 0.2) is 0 Å². The van der Waals surface area contributed by atoms with Crippen molar-refractivity contribution in [2.45, 2.75) is 58.8 Å². The SMILES string of the molecule is CCCCCC1=C(C(=O)O)C(c2ccc([N+](=O)[O-])cc2)C(N(C=O)CC)=C(CC)N1. The van der Waals surface area contributed by atoms with Gasteiger partial charge in [-0.3, -0.25) is 14.9 Å². The molecule has 1 aliphatic heterocycles. The highest BCUT2D eigenvalue weighted by molar-refractivity contribution is 5.91. The van der Waals surface area contributed by atoms with Crippen molar-refractivity contribution in [1.82, 2.24) is 10.2 Å². The van der Waals surface area contributed by atoms with Gasteiger partial charge >= 0.3 is 5.97 Å². The molecule has 2 N–H and O–H groups in total. The van der Waals surface area contributed by atoms with Crippen molar-refractivity contribution in [2.24, 2.45) is 0 Å². The molecule has 0 bridgehead atoms. The van der Waals surface area contributed by atoms with Gasteiger partial charge in [0.2, 0.25) is 6.41 Å². The Morgan fingerprint density at radius 2 is 1.87 bits per heavy atom. The lowest BCUT2D eigenvalue weighted by Crippen LogP contribution is -2.37. The Balaban J connectivity index is 2.69. The van der Waals surface area contributed by atoms with Gasteiger partial charge in [0.05, 0.1) is 22.1 Å². The maximum Gasteiger partial charge on any atom is 0.334 e. The number of nitro groups is 1. The molecule has 0 saturated heterocycles. The number of aliphatic carboxylic acids is 1. The van der Waals surface area contributed by atoms with Crippen molar-refractivity contribution >= 4 is 18.1 Å². The maximum absolute atomic E-state index is 12.4. The second-order valence-corrected chi connectivity index (χ2v) is 7.17. The number of carbonyl (C=O) groups excluding carboxylic acids is 1. The third kappa shape index (κ3) is 4.87. The number of hydrogen-bond donors (Lipinski definition) is 2. The molecule has 0 aromatic heterocycles. The normalized spacial score (nSPS) is 16.3. The van der Waals surface area contributed by atoms with Crippen LogP contribution in [0.3, 0.4) is 0 Å². The predicted molar refractivity (Wildman–Crippen MR) is 114 cm³/mol. The smallest absolute Gasteiger partial charge is 0.334 e. The molecule has 8 heteroatoms. The molecule has 0 spiro atoms. The number of nitro benzene ring substituents is 1. The van der Waals surface area contributed by atoms with Crippen molar-refractivity contribution in [2.75, 3.05) is 6.54 Å². The number of likely N-dealkylation sites (N-methyl/N-ethyl adjacent to an activating group) is 1. The first-order valence-corrected chi connectivity index (χ1v) is 10.3. The second kappa shape index (κ2) is 10.6. The zero-order valence-electron chi connectivity index (χ0n) is 17.7. The van der Waals surface area contributed by atoms with Crippen LogP contribution in [0.15, 0.2) is 46.9 Å². The van der Waals surface area contributed by atoms with Gasteiger partial charge in [-0.05, 0) is 31.7 Å². The maximum atomic E-state index is 12.4. The van der Waals surface area contributed by atoms with Gasteiger partial charge in [0.25, 0.3) is 5.69 Å². The fourth-order valence-corrected chi connectivity index (χ4v) is 3.82. The van der Waals surface area contributed by atoms with E-state index in [0.717, 1.165) is 25.0 Å². The molecule has 0 radical (unpaired) electrons. The number of nitrogens with zero attached hydrogens (tertiary/aromatic N) is 2. The summed E-state index contributed by atoms with van der Waals surface area (Å²) in [4.78, 5) is 36.2. The largest absolute Gasteiger partial charge is 0.478 e. The number of carboxylic acid groups (broad SMARTS) is 1. The summed E-state index contributed by atoms with van der Waals surface area (Å²) < 4.78 is 0. The van der Waals surface area contributed by atoms with Crippen LogP contribution in [0.1, 0.15) is 64.4 Å². The first kappa shape index (κ1) is 23.1. The van der Waals surface area contributed by atoms with E-state index < -0.39 is 16.8 Å². The third-order valence-corrected chi connectivity index (χ3v) is 5.33. The molecule has 1 atom stereocenters. The number of carboxylic acids is 1. The summed E-state index contributed by atoms with van der Waals surface area (Å²) >= 11 is 0. The molecule has 162 valence electrons. The molecule has 8 nitrogen and oxygen atoms in total. The molecule has 1 heterocycles. The summed E-state index contributed by atoms with van der Waals surface area (Å²) in [6, 6.07) is 5.89. The molecule has 30 heavy (non-hydrogen) atoms. The number of dihydropyridines is 1. The highest BCUT2D eigenvalue weighted by Crippen LogP contribution is 2.41. The molecule has 1 aliphatic rings. The monoisotopic (exact) mass is 415 g/mol. The molecule has 1 aromatic carbocycles. The van der Waals surface area contributed by atoms with Gasteiger partial charge in [-0.15, -0.1) is 0 Å². The Morgan fingerprint density at radius 1 is 1.20 bits per heavy atom. The summed E-state index contributed by atoms with van der Waals surface area (Å²) in [5, 5.41) is 24.5. The van der Waals surface area contributed by atoms with E-state index in [1.807, 2.05) is 13.8 Å². The zero-order chi connectivity index (χ0) is 22.3. The summed E-state index contributed by atoms with van der Waals surface area (Å²) in [5.41, 5.74) is 2.74. The lowest BCUT2D eigenvalue weighted by atomic mass is 9.81. The van der Waals surface area contributed by atoms with Gasteiger partial charge in [-0.25, -0.2) is 4.79 Å². The van der Waals surface area contributed by atoms with Crippen LogP contribution in [-0.2, 0) is 9.59 Å². The number of benzene rings is 1. The van der Waals surface area contributed by atoms with Crippen molar-refractivity contribution < 1.29 is 19.6 Å². The average molecular weight is 415 g/mol. The number of rotatable bonds is 11. The highest BCUT2D eigenvalue weighted by Gasteiger charge is 2.37. The molecular weight excluding hydrogens is 386 g/mol. The van der Waals surface area contributed by atoms with E-state index in [1.54, 1.807) is 12.1 Å². The molecule has 2 rings (SSSR count). The fraction of sp³-hybridized carbons (Fsp3) is 0.455. The van der Waals surface area contributed by atoms with E-state index >= 15 is 0 Å². The lowest BCUT2D eigenvalue weighted by Gasteiger charge is -2.36. The molecule has 1 aromatic rings. The summed E-state index contributed by atoms with van der Waals surface area (Å²) in [5.74, 6) is -1.76. The number of unbranched alkanes of at least 4 members (excludes halogenated alkanes) is 2. The zero-order valence-corrected chi connectivity index (χ0v) is 17.7.